The number of para-hydroxylation sites is 1. The van der Waals surface area contributed by atoms with Crippen LogP contribution >= 0.6 is 15.9 Å². The molecule has 0 aliphatic carbocycles. The van der Waals surface area contributed by atoms with Crippen LogP contribution in [-0.2, 0) is 6.54 Å². The minimum absolute atomic E-state index is 0.658. The Morgan fingerprint density at radius 1 is 1.30 bits per heavy atom. The zero-order valence-electron chi connectivity index (χ0n) is 11.8. The predicted molar refractivity (Wildman–Crippen MR) is 85.2 cm³/mol. The Labute approximate surface area is 128 Å². The summed E-state index contributed by atoms with van der Waals surface area (Å²) in [5.74, 6) is 1.50. The minimum atomic E-state index is 0.658. The lowest BCUT2D eigenvalue weighted by Crippen LogP contribution is -2.14. The normalized spacial score (nSPS) is 10.6. The summed E-state index contributed by atoms with van der Waals surface area (Å²) in [7, 11) is 0. The highest BCUT2D eigenvalue weighted by atomic mass is 79.9. The number of halogens is 1. The fourth-order valence-electron chi connectivity index (χ4n) is 1.86. The quantitative estimate of drug-likeness (QED) is 0.792. The van der Waals surface area contributed by atoms with Crippen LogP contribution in [0, 0.1) is 6.92 Å². The highest BCUT2D eigenvalue weighted by Gasteiger charge is 2.08. The molecule has 0 bridgehead atoms. The third-order valence-corrected chi connectivity index (χ3v) is 3.37. The van der Waals surface area contributed by atoms with Gasteiger partial charge in [0.25, 0.3) is 0 Å². The van der Waals surface area contributed by atoms with Gasteiger partial charge in [-0.05, 0) is 53.5 Å². The second-order valence-electron chi connectivity index (χ2n) is 4.66. The minimum Gasteiger partial charge on any atom is -0.438 e. The first-order valence-corrected chi connectivity index (χ1v) is 7.58. The lowest BCUT2D eigenvalue weighted by atomic mass is 10.2. The van der Waals surface area contributed by atoms with E-state index < -0.39 is 0 Å². The van der Waals surface area contributed by atoms with E-state index >= 15 is 0 Å². The van der Waals surface area contributed by atoms with E-state index in [2.05, 4.69) is 33.2 Å². The first kappa shape index (κ1) is 15.0. The number of benzene rings is 1. The first-order valence-electron chi connectivity index (χ1n) is 6.79. The molecular weight excluding hydrogens is 316 g/mol. The maximum absolute atomic E-state index is 5.95. The molecule has 4 heteroatoms. The Balaban J connectivity index is 2.20. The van der Waals surface area contributed by atoms with Crippen molar-refractivity contribution in [3.8, 4) is 11.6 Å². The number of hydrogen-bond donors (Lipinski definition) is 1. The molecule has 20 heavy (non-hydrogen) atoms. The van der Waals surface area contributed by atoms with E-state index in [-0.39, 0.29) is 0 Å². The smallest absolute Gasteiger partial charge is 0.223 e. The summed E-state index contributed by atoms with van der Waals surface area (Å²) < 4.78 is 6.92. The lowest BCUT2D eigenvalue weighted by molar-refractivity contribution is 0.449. The van der Waals surface area contributed by atoms with E-state index in [9.17, 15) is 0 Å². The van der Waals surface area contributed by atoms with Gasteiger partial charge in [0.15, 0.2) is 0 Å². The molecule has 0 saturated carbocycles. The van der Waals surface area contributed by atoms with Crippen molar-refractivity contribution in [3.05, 3.63) is 52.1 Å². The third-order valence-electron chi connectivity index (χ3n) is 2.93. The zero-order valence-corrected chi connectivity index (χ0v) is 13.4. The van der Waals surface area contributed by atoms with Gasteiger partial charge in [-0.1, -0.05) is 25.1 Å². The van der Waals surface area contributed by atoms with Gasteiger partial charge in [0.1, 0.15) is 5.75 Å². The molecule has 0 radical (unpaired) electrons. The summed E-state index contributed by atoms with van der Waals surface area (Å²) in [6.07, 6.45) is 2.87. The van der Waals surface area contributed by atoms with Crippen LogP contribution in [0.1, 0.15) is 24.5 Å². The van der Waals surface area contributed by atoms with E-state index in [4.69, 9.17) is 4.74 Å². The van der Waals surface area contributed by atoms with Crippen molar-refractivity contribution in [3.63, 3.8) is 0 Å². The van der Waals surface area contributed by atoms with Crippen molar-refractivity contribution in [1.82, 2.24) is 10.3 Å². The second kappa shape index (κ2) is 7.41. The Kier molecular flexibility index (Phi) is 5.56. The summed E-state index contributed by atoms with van der Waals surface area (Å²) in [5.41, 5.74) is 2.15. The number of hydrogen-bond acceptors (Lipinski definition) is 3. The Hall–Kier alpha value is -1.39. The maximum Gasteiger partial charge on any atom is 0.223 e. The van der Waals surface area contributed by atoms with E-state index in [1.165, 1.54) is 0 Å². The van der Waals surface area contributed by atoms with Crippen molar-refractivity contribution < 1.29 is 4.74 Å². The molecule has 1 heterocycles. The molecule has 0 fully saturated rings. The molecule has 0 unspecified atom stereocenters. The van der Waals surface area contributed by atoms with E-state index in [0.717, 1.165) is 40.9 Å². The lowest BCUT2D eigenvalue weighted by Gasteiger charge is -2.12. The molecule has 3 nitrogen and oxygen atoms in total. The molecule has 0 spiro atoms. The predicted octanol–water partition coefficient (Wildman–Crippen LogP) is 4.44. The van der Waals surface area contributed by atoms with Crippen LogP contribution in [0.25, 0.3) is 0 Å². The Morgan fingerprint density at radius 3 is 2.85 bits per heavy atom. The van der Waals surface area contributed by atoms with Crippen LogP contribution in [0.4, 0.5) is 0 Å². The average molecular weight is 335 g/mol. The van der Waals surface area contributed by atoms with Gasteiger partial charge in [-0.25, -0.2) is 4.98 Å². The topological polar surface area (TPSA) is 34.2 Å². The van der Waals surface area contributed by atoms with E-state index in [1.54, 1.807) is 6.20 Å². The van der Waals surface area contributed by atoms with Crippen molar-refractivity contribution in [2.24, 2.45) is 0 Å². The van der Waals surface area contributed by atoms with Crippen LogP contribution in [0.15, 0.2) is 41.0 Å². The summed E-state index contributed by atoms with van der Waals surface area (Å²) in [4.78, 5) is 4.38. The van der Waals surface area contributed by atoms with Gasteiger partial charge >= 0.3 is 0 Å². The van der Waals surface area contributed by atoms with Gasteiger partial charge in [0.2, 0.25) is 5.88 Å². The highest BCUT2D eigenvalue weighted by Crippen LogP contribution is 2.27. The molecule has 0 aliphatic rings. The number of nitrogens with one attached hydrogen (secondary N) is 1. The van der Waals surface area contributed by atoms with Crippen molar-refractivity contribution in [2.45, 2.75) is 26.8 Å². The van der Waals surface area contributed by atoms with Gasteiger partial charge in [0.05, 0.1) is 0 Å². The fourth-order valence-corrected chi connectivity index (χ4v) is 2.24. The van der Waals surface area contributed by atoms with Crippen molar-refractivity contribution in [2.75, 3.05) is 6.54 Å². The van der Waals surface area contributed by atoms with Gasteiger partial charge in [-0.15, -0.1) is 0 Å². The molecule has 0 aliphatic heterocycles. The Bertz CT molecular complexity index is 572. The highest BCUT2D eigenvalue weighted by molar-refractivity contribution is 9.10. The third kappa shape index (κ3) is 4.05. The number of rotatable bonds is 6. The molecule has 0 atom stereocenters. The molecule has 2 aromatic rings. The summed E-state index contributed by atoms with van der Waals surface area (Å²) in [5, 5.41) is 3.38. The van der Waals surface area contributed by atoms with Gasteiger partial charge in [-0.2, -0.15) is 0 Å². The monoisotopic (exact) mass is 334 g/mol. The van der Waals surface area contributed by atoms with Crippen LogP contribution in [0.2, 0.25) is 0 Å². The fraction of sp³-hybridized carbons (Fsp3) is 0.312. The van der Waals surface area contributed by atoms with Gasteiger partial charge < -0.3 is 10.1 Å². The number of aryl methyl sites for hydroxylation is 1. The molecule has 1 aromatic heterocycles. The van der Waals surface area contributed by atoms with Gasteiger partial charge in [0, 0.05) is 22.8 Å². The largest absolute Gasteiger partial charge is 0.438 e. The summed E-state index contributed by atoms with van der Waals surface area (Å²) in [6.45, 7) is 5.91. The van der Waals surface area contributed by atoms with E-state index in [0.29, 0.717) is 5.88 Å². The standard InChI is InChI=1S/C16H19BrN2O/c1-3-8-18-10-13-9-14(17)11-19-16(13)20-15-7-5-4-6-12(15)2/h4-7,9,11,18H,3,8,10H2,1-2H3. The molecule has 0 amide bonds. The summed E-state index contributed by atoms with van der Waals surface area (Å²) in [6, 6.07) is 10.0. The van der Waals surface area contributed by atoms with Crippen LogP contribution in [0.3, 0.4) is 0 Å². The number of nitrogens with zero attached hydrogens (tertiary/aromatic N) is 1. The Morgan fingerprint density at radius 2 is 2.10 bits per heavy atom. The maximum atomic E-state index is 5.95. The molecule has 1 N–H and O–H groups in total. The number of aromatic nitrogens is 1. The molecule has 2 rings (SSSR count). The van der Waals surface area contributed by atoms with Crippen LogP contribution < -0.4 is 10.1 Å². The van der Waals surface area contributed by atoms with Crippen molar-refractivity contribution >= 4 is 15.9 Å². The van der Waals surface area contributed by atoms with Gasteiger partial charge in [-0.3, -0.25) is 0 Å². The molecular formula is C16H19BrN2O. The summed E-state index contributed by atoms with van der Waals surface area (Å²) >= 11 is 3.46. The first-order chi connectivity index (χ1) is 9.70. The SMILES string of the molecule is CCCNCc1cc(Br)cnc1Oc1ccccc1C. The zero-order chi connectivity index (χ0) is 14.4. The van der Waals surface area contributed by atoms with Crippen LogP contribution in [-0.4, -0.2) is 11.5 Å². The van der Waals surface area contributed by atoms with E-state index in [1.807, 2.05) is 37.3 Å². The number of ether oxygens (including phenoxy) is 1. The van der Waals surface area contributed by atoms with Crippen molar-refractivity contribution in [1.29, 1.82) is 0 Å². The molecule has 1 aromatic carbocycles. The molecule has 106 valence electrons. The van der Waals surface area contributed by atoms with Crippen LogP contribution in [0.5, 0.6) is 11.6 Å². The molecule has 0 saturated heterocycles. The second-order valence-corrected chi connectivity index (χ2v) is 5.58. The number of pyridine rings is 1. The average Bonchev–Trinajstić information content (AvgIpc) is 2.44.